The maximum absolute atomic E-state index is 6.93. The van der Waals surface area contributed by atoms with Crippen LogP contribution in [0.5, 0.6) is 0 Å². The van der Waals surface area contributed by atoms with E-state index in [0.717, 1.165) is 0 Å². The van der Waals surface area contributed by atoms with Gasteiger partial charge in [0.15, 0.2) is 5.96 Å². The van der Waals surface area contributed by atoms with Crippen molar-refractivity contribution < 1.29 is 0 Å². The lowest BCUT2D eigenvalue weighted by molar-refractivity contribution is 0.410. The summed E-state index contributed by atoms with van der Waals surface area (Å²) in [5, 5.41) is 6.93. The van der Waals surface area contributed by atoms with Crippen molar-refractivity contribution >= 4 is 18.4 Å². The van der Waals surface area contributed by atoms with Gasteiger partial charge in [0.05, 0.1) is 0 Å². The predicted molar refractivity (Wildman–Crippen MR) is 42.1 cm³/mol. The number of rotatable bonds is 1. The van der Waals surface area contributed by atoms with Crippen molar-refractivity contribution in [1.29, 1.82) is 5.41 Å². The summed E-state index contributed by atoms with van der Waals surface area (Å²) < 4.78 is 0. The van der Waals surface area contributed by atoms with E-state index in [-0.39, 0.29) is 18.4 Å². The summed E-state index contributed by atoms with van der Waals surface area (Å²) in [6.45, 7) is 3.98. The van der Waals surface area contributed by atoms with Gasteiger partial charge in [0.2, 0.25) is 0 Å². The van der Waals surface area contributed by atoms with Crippen LogP contribution in [0, 0.1) is 5.41 Å². The van der Waals surface area contributed by atoms with Crippen LogP contribution in [0.15, 0.2) is 0 Å². The molecule has 3 nitrogen and oxygen atoms in total. The summed E-state index contributed by atoms with van der Waals surface area (Å²) >= 11 is 0. The zero-order valence-corrected chi connectivity index (χ0v) is 6.83. The lowest BCUT2D eigenvalue weighted by Gasteiger charge is -2.20. The quantitative estimate of drug-likeness (QED) is 0.427. The second kappa shape index (κ2) is 4.44. The Labute approximate surface area is 62.1 Å². The Morgan fingerprint density at radius 1 is 1.56 bits per heavy atom. The summed E-state index contributed by atoms with van der Waals surface area (Å²) in [6.07, 6.45) is 0. The van der Waals surface area contributed by atoms with E-state index in [9.17, 15) is 0 Å². The third-order valence-corrected chi connectivity index (χ3v) is 1.15. The van der Waals surface area contributed by atoms with Gasteiger partial charge in [0.1, 0.15) is 0 Å². The van der Waals surface area contributed by atoms with Gasteiger partial charge in [-0.3, -0.25) is 5.41 Å². The molecule has 0 aliphatic heterocycles. The molecular formula is C5H14ClN3. The minimum Gasteiger partial charge on any atom is -0.370 e. The van der Waals surface area contributed by atoms with E-state index >= 15 is 0 Å². The minimum atomic E-state index is 0. The normalized spacial score (nSPS) is 8.44. The van der Waals surface area contributed by atoms with Crippen LogP contribution in [0.3, 0.4) is 0 Å². The maximum Gasteiger partial charge on any atom is 0.188 e. The van der Waals surface area contributed by atoms with Crippen LogP contribution in [0.4, 0.5) is 0 Å². The average molecular weight is 152 g/mol. The molecule has 9 heavy (non-hydrogen) atoms. The minimum absolute atomic E-state index is 0. The largest absolute Gasteiger partial charge is 0.370 e. The Morgan fingerprint density at radius 2 is 1.89 bits per heavy atom. The first-order chi connectivity index (χ1) is 3.55. The zero-order valence-electron chi connectivity index (χ0n) is 6.01. The van der Waals surface area contributed by atoms with Crippen molar-refractivity contribution in [2.45, 2.75) is 19.9 Å². The smallest absolute Gasteiger partial charge is 0.188 e. The lowest BCUT2D eigenvalue weighted by atomic mass is 10.4. The van der Waals surface area contributed by atoms with E-state index in [4.69, 9.17) is 11.1 Å². The molecule has 0 atom stereocenters. The topological polar surface area (TPSA) is 53.1 Å². The first kappa shape index (κ1) is 11.4. The predicted octanol–water partition coefficient (Wildman–Crippen LogP) is 0.642. The van der Waals surface area contributed by atoms with E-state index in [1.54, 1.807) is 11.9 Å². The molecule has 0 fully saturated rings. The van der Waals surface area contributed by atoms with Crippen molar-refractivity contribution in [3.63, 3.8) is 0 Å². The molecule has 0 bridgehead atoms. The molecule has 56 valence electrons. The fraction of sp³-hybridized carbons (Fsp3) is 0.800. The summed E-state index contributed by atoms with van der Waals surface area (Å²) in [6, 6.07) is 0.326. The Balaban J connectivity index is 0. The highest BCUT2D eigenvalue weighted by Crippen LogP contribution is 1.88. The second-order valence-corrected chi connectivity index (χ2v) is 2.09. The second-order valence-electron chi connectivity index (χ2n) is 2.09. The van der Waals surface area contributed by atoms with Crippen LogP contribution in [0.25, 0.3) is 0 Å². The van der Waals surface area contributed by atoms with Crippen LogP contribution in [0.1, 0.15) is 13.8 Å². The third-order valence-electron chi connectivity index (χ3n) is 1.15. The number of hydrogen-bond donors (Lipinski definition) is 2. The SMILES string of the molecule is CC(C)N(C)C(=N)N.Cl. The van der Waals surface area contributed by atoms with Gasteiger partial charge < -0.3 is 10.6 Å². The summed E-state index contributed by atoms with van der Waals surface area (Å²) in [7, 11) is 1.80. The zero-order chi connectivity index (χ0) is 6.73. The van der Waals surface area contributed by atoms with E-state index in [2.05, 4.69) is 0 Å². The Hall–Kier alpha value is -0.440. The first-order valence-corrected chi connectivity index (χ1v) is 2.62. The number of nitrogens with one attached hydrogen (secondary N) is 1. The molecule has 0 unspecified atom stereocenters. The molecule has 0 rings (SSSR count). The van der Waals surface area contributed by atoms with Gasteiger partial charge in [-0.1, -0.05) is 0 Å². The van der Waals surface area contributed by atoms with Crippen LogP contribution >= 0.6 is 12.4 Å². The fourth-order valence-corrected chi connectivity index (χ4v) is 0.278. The van der Waals surface area contributed by atoms with Gasteiger partial charge in [0.25, 0.3) is 0 Å². The van der Waals surface area contributed by atoms with E-state index in [1.807, 2.05) is 13.8 Å². The number of guanidine groups is 1. The number of hydrogen-bond acceptors (Lipinski definition) is 1. The van der Waals surface area contributed by atoms with Gasteiger partial charge in [-0.15, -0.1) is 12.4 Å². The molecule has 0 saturated carbocycles. The Morgan fingerprint density at radius 3 is 1.89 bits per heavy atom. The van der Waals surface area contributed by atoms with Crippen LogP contribution in [-0.4, -0.2) is 23.9 Å². The van der Waals surface area contributed by atoms with Gasteiger partial charge in [-0.25, -0.2) is 0 Å². The van der Waals surface area contributed by atoms with Crippen LogP contribution in [-0.2, 0) is 0 Å². The van der Waals surface area contributed by atoms with Gasteiger partial charge in [-0.2, -0.15) is 0 Å². The van der Waals surface area contributed by atoms with E-state index in [0.29, 0.717) is 6.04 Å². The number of nitrogens with zero attached hydrogens (tertiary/aromatic N) is 1. The molecule has 0 aromatic rings. The molecule has 0 spiro atoms. The molecule has 0 saturated heterocycles. The van der Waals surface area contributed by atoms with Crippen LogP contribution in [0.2, 0.25) is 0 Å². The number of nitrogens with two attached hydrogens (primary N) is 1. The van der Waals surface area contributed by atoms with Crippen molar-refractivity contribution in [3.8, 4) is 0 Å². The summed E-state index contributed by atoms with van der Waals surface area (Å²) in [5.41, 5.74) is 5.15. The highest BCUT2D eigenvalue weighted by Gasteiger charge is 2.01. The molecule has 0 heterocycles. The van der Waals surface area contributed by atoms with E-state index < -0.39 is 0 Å². The van der Waals surface area contributed by atoms with Gasteiger partial charge >= 0.3 is 0 Å². The van der Waals surface area contributed by atoms with Crippen molar-refractivity contribution in [1.82, 2.24) is 4.90 Å². The molecule has 0 aliphatic rings. The highest BCUT2D eigenvalue weighted by molar-refractivity contribution is 5.85. The molecular weight excluding hydrogens is 138 g/mol. The van der Waals surface area contributed by atoms with Crippen molar-refractivity contribution in [2.75, 3.05) is 7.05 Å². The molecule has 0 radical (unpaired) electrons. The first-order valence-electron chi connectivity index (χ1n) is 2.62. The standard InChI is InChI=1S/C5H13N3.ClH/c1-4(2)8(3)5(6)7;/h4H,1-3H3,(H3,6,7);1H. The number of halogens is 1. The summed E-state index contributed by atoms with van der Waals surface area (Å²) in [5.74, 6) is 0.125. The molecule has 4 heteroatoms. The van der Waals surface area contributed by atoms with Crippen molar-refractivity contribution in [3.05, 3.63) is 0 Å². The molecule has 0 aliphatic carbocycles. The van der Waals surface area contributed by atoms with Crippen LogP contribution < -0.4 is 5.73 Å². The fourth-order valence-electron chi connectivity index (χ4n) is 0.278. The Bertz CT molecular complexity index is 92.2. The third kappa shape index (κ3) is 4.09. The van der Waals surface area contributed by atoms with Crippen molar-refractivity contribution in [2.24, 2.45) is 5.73 Å². The molecule has 3 N–H and O–H groups in total. The van der Waals surface area contributed by atoms with Gasteiger partial charge in [0, 0.05) is 13.1 Å². The average Bonchev–Trinajstić information content (AvgIpc) is 1.64. The molecule has 0 aromatic heterocycles. The van der Waals surface area contributed by atoms with E-state index in [1.165, 1.54) is 0 Å². The molecule has 0 amide bonds. The maximum atomic E-state index is 6.93. The lowest BCUT2D eigenvalue weighted by Crippen LogP contribution is -2.37. The molecule has 0 aromatic carbocycles. The van der Waals surface area contributed by atoms with Gasteiger partial charge in [-0.05, 0) is 13.8 Å². The monoisotopic (exact) mass is 151 g/mol. The Kier molecular flexibility index (Phi) is 5.61. The summed E-state index contributed by atoms with van der Waals surface area (Å²) in [4.78, 5) is 1.69. The highest BCUT2D eigenvalue weighted by atomic mass is 35.5.